The number of hydrogen-bond donors (Lipinski definition) is 2. The minimum absolute atomic E-state index is 0.652. The van der Waals surface area contributed by atoms with Crippen LogP contribution in [0.25, 0.3) is 16.0 Å². The van der Waals surface area contributed by atoms with Gasteiger partial charge in [-0.1, -0.05) is 12.1 Å². The molecule has 4 rings (SSSR count). The van der Waals surface area contributed by atoms with Gasteiger partial charge in [-0.2, -0.15) is 0 Å². The summed E-state index contributed by atoms with van der Waals surface area (Å²) in [5.74, 6) is 1.84. The Kier molecular flexibility index (Phi) is 5.06. The van der Waals surface area contributed by atoms with Crippen LogP contribution in [0.5, 0.6) is 0 Å². The number of rotatable bonds is 6. The van der Waals surface area contributed by atoms with Crippen molar-refractivity contribution in [1.82, 2.24) is 29.6 Å². The molecular formula is C19H23N7S. The number of nitrogens with zero attached hydrogens (tertiary/aromatic N) is 5. The average molecular weight is 382 g/mol. The van der Waals surface area contributed by atoms with Crippen molar-refractivity contribution < 1.29 is 0 Å². The van der Waals surface area contributed by atoms with Gasteiger partial charge in [-0.05, 0) is 25.5 Å². The second-order valence-electron chi connectivity index (χ2n) is 6.33. The molecule has 0 atom stereocenters. The predicted octanol–water partition coefficient (Wildman–Crippen LogP) is 2.81. The van der Waals surface area contributed by atoms with Crippen molar-refractivity contribution in [2.45, 2.75) is 26.4 Å². The quantitative estimate of drug-likeness (QED) is 0.306. The Balaban J connectivity index is 1.27. The summed E-state index contributed by atoms with van der Waals surface area (Å²) in [5.41, 5.74) is 3.25. The van der Waals surface area contributed by atoms with Gasteiger partial charge in [-0.25, -0.2) is 9.97 Å². The largest absolute Gasteiger partial charge is 0.356 e. The Hall–Kier alpha value is -2.87. The zero-order valence-electron chi connectivity index (χ0n) is 15.5. The number of aromatic nitrogens is 4. The molecule has 0 amide bonds. The van der Waals surface area contributed by atoms with Gasteiger partial charge in [0.2, 0.25) is 0 Å². The number of thiazole rings is 1. The van der Waals surface area contributed by atoms with Crippen molar-refractivity contribution in [2.75, 3.05) is 13.6 Å². The molecule has 4 aromatic rings. The molecule has 3 heterocycles. The lowest BCUT2D eigenvalue weighted by molar-refractivity contribution is 0.624. The molecule has 27 heavy (non-hydrogen) atoms. The summed E-state index contributed by atoms with van der Waals surface area (Å²) in [6.07, 6.45) is 5.05. The fourth-order valence-corrected chi connectivity index (χ4v) is 3.90. The summed E-state index contributed by atoms with van der Waals surface area (Å²) in [6, 6.07) is 8.27. The molecule has 140 valence electrons. The van der Waals surface area contributed by atoms with E-state index in [1.807, 2.05) is 28.2 Å². The lowest BCUT2D eigenvalue weighted by atomic mass is 10.3. The number of guanidine groups is 1. The van der Waals surface area contributed by atoms with E-state index in [2.05, 4.69) is 55.3 Å². The van der Waals surface area contributed by atoms with Gasteiger partial charge in [-0.3, -0.25) is 9.39 Å². The first-order chi connectivity index (χ1) is 13.2. The third-order valence-electron chi connectivity index (χ3n) is 4.50. The van der Waals surface area contributed by atoms with Gasteiger partial charge in [0.1, 0.15) is 5.82 Å². The molecule has 8 heteroatoms. The molecule has 0 unspecified atom stereocenters. The number of para-hydroxylation sites is 2. The number of fused-ring (bicyclic) bond motifs is 2. The van der Waals surface area contributed by atoms with Crippen LogP contribution in [-0.2, 0) is 13.1 Å². The minimum atomic E-state index is 0.652. The first kappa shape index (κ1) is 17.5. The molecule has 0 saturated carbocycles. The number of hydrogen-bond acceptors (Lipinski definition) is 4. The molecule has 0 saturated heterocycles. The maximum absolute atomic E-state index is 4.62. The molecule has 0 radical (unpaired) electrons. The zero-order valence-corrected chi connectivity index (χ0v) is 16.3. The molecule has 0 aliphatic heterocycles. The highest BCUT2D eigenvalue weighted by atomic mass is 32.1. The van der Waals surface area contributed by atoms with E-state index in [-0.39, 0.29) is 0 Å². The first-order valence-electron chi connectivity index (χ1n) is 9.02. The average Bonchev–Trinajstić information content (AvgIpc) is 3.34. The van der Waals surface area contributed by atoms with Crippen molar-refractivity contribution in [3.63, 3.8) is 0 Å². The monoisotopic (exact) mass is 381 g/mol. The normalized spacial score (nSPS) is 12.1. The van der Waals surface area contributed by atoms with Crippen LogP contribution < -0.4 is 10.6 Å². The van der Waals surface area contributed by atoms with E-state index in [4.69, 9.17) is 0 Å². The number of aryl methyl sites for hydroxylation is 2. The van der Waals surface area contributed by atoms with Crippen LogP contribution >= 0.6 is 11.3 Å². The lowest BCUT2D eigenvalue weighted by Gasteiger charge is -2.12. The summed E-state index contributed by atoms with van der Waals surface area (Å²) in [6.45, 7) is 4.47. The van der Waals surface area contributed by atoms with Crippen LogP contribution in [-0.4, -0.2) is 38.5 Å². The second kappa shape index (κ2) is 7.79. The highest BCUT2D eigenvalue weighted by molar-refractivity contribution is 7.15. The Labute approximate surface area is 161 Å². The summed E-state index contributed by atoms with van der Waals surface area (Å²) >= 11 is 1.64. The van der Waals surface area contributed by atoms with E-state index in [1.165, 1.54) is 5.52 Å². The molecular weight excluding hydrogens is 358 g/mol. The van der Waals surface area contributed by atoms with Crippen molar-refractivity contribution in [3.05, 3.63) is 53.6 Å². The van der Waals surface area contributed by atoms with Crippen LogP contribution in [0.2, 0.25) is 0 Å². The van der Waals surface area contributed by atoms with E-state index in [1.54, 1.807) is 18.4 Å². The smallest absolute Gasteiger partial charge is 0.193 e. The van der Waals surface area contributed by atoms with Gasteiger partial charge in [0.15, 0.2) is 10.9 Å². The summed E-state index contributed by atoms with van der Waals surface area (Å²) in [5, 5.41) is 8.72. The SMILES string of the molecule is CN=C(NCCCn1c(C)nc2ccccc21)NCc1cn2ccsc2n1. The van der Waals surface area contributed by atoms with Crippen LogP contribution in [0, 0.1) is 6.92 Å². The van der Waals surface area contributed by atoms with E-state index in [0.717, 1.165) is 47.5 Å². The second-order valence-corrected chi connectivity index (χ2v) is 7.20. The van der Waals surface area contributed by atoms with Gasteiger partial charge in [-0.15, -0.1) is 11.3 Å². The summed E-state index contributed by atoms with van der Waals surface area (Å²) in [7, 11) is 1.79. The molecule has 7 nitrogen and oxygen atoms in total. The summed E-state index contributed by atoms with van der Waals surface area (Å²) in [4.78, 5) is 14.5. The number of aliphatic imine (C=N–C) groups is 1. The Morgan fingerprint density at radius 1 is 1.22 bits per heavy atom. The standard InChI is InChI=1S/C19H23N7S/c1-14-23-16-6-3-4-7-17(16)26(14)9-5-8-21-18(20-2)22-12-15-13-25-10-11-27-19(25)24-15/h3-4,6-7,10-11,13H,5,8-9,12H2,1-2H3,(H2,20,21,22). The molecule has 0 aliphatic rings. The van der Waals surface area contributed by atoms with Gasteiger partial charge in [0, 0.05) is 37.9 Å². The van der Waals surface area contributed by atoms with Crippen molar-refractivity contribution in [3.8, 4) is 0 Å². The van der Waals surface area contributed by atoms with Crippen LogP contribution in [0.15, 0.2) is 47.0 Å². The number of imidazole rings is 2. The van der Waals surface area contributed by atoms with Crippen LogP contribution in [0.4, 0.5) is 0 Å². The van der Waals surface area contributed by atoms with Crippen molar-refractivity contribution in [1.29, 1.82) is 0 Å². The van der Waals surface area contributed by atoms with Gasteiger partial charge in [0.25, 0.3) is 0 Å². The Morgan fingerprint density at radius 3 is 2.96 bits per heavy atom. The van der Waals surface area contributed by atoms with E-state index >= 15 is 0 Å². The highest BCUT2D eigenvalue weighted by Gasteiger charge is 2.07. The van der Waals surface area contributed by atoms with E-state index < -0.39 is 0 Å². The van der Waals surface area contributed by atoms with Gasteiger partial charge >= 0.3 is 0 Å². The summed E-state index contributed by atoms with van der Waals surface area (Å²) < 4.78 is 4.31. The topological polar surface area (TPSA) is 71.5 Å². The van der Waals surface area contributed by atoms with Crippen molar-refractivity contribution >= 4 is 33.3 Å². The van der Waals surface area contributed by atoms with Crippen LogP contribution in [0.3, 0.4) is 0 Å². The minimum Gasteiger partial charge on any atom is -0.356 e. The zero-order chi connectivity index (χ0) is 18.6. The Bertz CT molecular complexity index is 1040. The molecule has 0 spiro atoms. The highest BCUT2D eigenvalue weighted by Crippen LogP contribution is 2.15. The molecule has 3 aromatic heterocycles. The first-order valence-corrected chi connectivity index (χ1v) is 9.90. The molecule has 2 N–H and O–H groups in total. The number of nitrogens with one attached hydrogen (secondary N) is 2. The third kappa shape index (κ3) is 3.80. The molecule has 0 aliphatic carbocycles. The fourth-order valence-electron chi connectivity index (χ4n) is 3.18. The molecule has 1 aromatic carbocycles. The lowest BCUT2D eigenvalue weighted by Crippen LogP contribution is -2.37. The molecule has 0 bridgehead atoms. The third-order valence-corrected chi connectivity index (χ3v) is 5.27. The maximum atomic E-state index is 4.62. The van der Waals surface area contributed by atoms with Crippen molar-refractivity contribution in [2.24, 2.45) is 4.99 Å². The van der Waals surface area contributed by atoms with Gasteiger partial charge in [0.05, 0.1) is 23.3 Å². The van der Waals surface area contributed by atoms with Gasteiger partial charge < -0.3 is 15.2 Å². The number of benzene rings is 1. The Morgan fingerprint density at radius 2 is 2.11 bits per heavy atom. The maximum Gasteiger partial charge on any atom is 0.193 e. The predicted molar refractivity (Wildman–Crippen MR) is 110 cm³/mol. The van der Waals surface area contributed by atoms with Crippen LogP contribution in [0.1, 0.15) is 17.9 Å². The van der Waals surface area contributed by atoms with E-state index in [9.17, 15) is 0 Å². The van der Waals surface area contributed by atoms with E-state index in [0.29, 0.717) is 6.54 Å². The molecule has 0 fully saturated rings. The fraction of sp³-hybridized carbons (Fsp3) is 0.316.